The zero-order valence-corrected chi connectivity index (χ0v) is 10.2. The molecule has 0 aromatic carbocycles. The van der Waals surface area contributed by atoms with E-state index in [0.717, 1.165) is 4.90 Å². The summed E-state index contributed by atoms with van der Waals surface area (Å²) in [5, 5.41) is 2.97. The van der Waals surface area contributed by atoms with Gasteiger partial charge in [0, 0.05) is 13.1 Å². The molecule has 1 N–H and O–H groups in total. The minimum absolute atomic E-state index is 0.151. The van der Waals surface area contributed by atoms with Crippen molar-refractivity contribution in [2.75, 3.05) is 33.2 Å². The molecule has 104 valence electrons. The molecular weight excluding hydrogens is 243 g/mol. The maximum atomic E-state index is 12.6. The second kappa shape index (κ2) is 6.49. The molecule has 2 nitrogen and oxygen atoms in total. The van der Waals surface area contributed by atoms with Gasteiger partial charge in [-0.15, -0.1) is 0 Å². The molecule has 0 radical (unpaired) electrons. The molecule has 0 heterocycles. The summed E-state index contributed by atoms with van der Waals surface area (Å²) in [6.07, 6.45) is -5.48. The average molecular weight is 262 g/mol. The first-order chi connectivity index (χ1) is 7.56. The van der Waals surface area contributed by atoms with Crippen molar-refractivity contribution < 1.29 is 22.0 Å². The van der Waals surface area contributed by atoms with Gasteiger partial charge >= 0.3 is 12.1 Å². The molecule has 0 fully saturated rings. The molecule has 0 unspecified atom stereocenters. The molecule has 0 spiro atoms. The van der Waals surface area contributed by atoms with Gasteiger partial charge in [-0.05, 0) is 19.5 Å². The second-order valence-corrected chi connectivity index (χ2v) is 4.54. The van der Waals surface area contributed by atoms with Gasteiger partial charge in [0.1, 0.15) is 0 Å². The van der Waals surface area contributed by atoms with Crippen molar-refractivity contribution in [2.24, 2.45) is 5.92 Å². The van der Waals surface area contributed by atoms with E-state index < -0.39 is 18.6 Å². The van der Waals surface area contributed by atoms with Gasteiger partial charge in [-0.3, -0.25) is 4.90 Å². The van der Waals surface area contributed by atoms with Crippen molar-refractivity contribution in [3.05, 3.63) is 0 Å². The maximum Gasteiger partial charge on any atom is 0.454 e. The van der Waals surface area contributed by atoms with Gasteiger partial charge in [-0.1, -0.05) is 13.8 Å². The van der Waals surface area contributed by atoms with Crippen LogP contribution in [0.25, 0.3) is 0 Å². The van der Waals surface area contributed by atoms with E-state index >= 15 is 0 Å². The molecule has 7 heteroatoms. The fraction of sp³-hybridized carbons (Fsp3) is 1.00. The van der Waals surface area contributed by atoms with Crippen LogP contribution in [-0.2, 0) is 0 Å². The van der Waals surface area contributed by atoms with Crippen LogP contribution in [0.4, 0.5) is 22.0 Å². The van der Waals surface area contributed by atoms with Crippen LogP contribution in [0.2, 0.25) is 0 Å². The standard InChI is InChI=1S/C10H19F5N2/c1-8(2)6-16-4-5-17(3)7-9(11,12)10(13,14)15/h8,16H,4-7H2,1-3H3. The number of rotatable bonds is 7. The van der Waals surface area contributed by atoms with Crippen LogP contribution in [0.1, 0.15) is 13.8 Å². The minimum atomic E-state index is -5.48. The number of alkyl halides is 5. The number of hydrogen-bond acceptors (Lipinski definition) is 2. The minimum Gasteiger partial charge on any atom is -0.315 e. The first-order valence-corrected chi connectivity index (χ1v) is 5.40. The van der Waals surface area contributed by atoms with Gasteiger partial charge in [0.2, 0.25) is 0 Å². The molecule has 0 atom stereocenters. The lowest BCUT2D eigenvalue weighted by molar-refractivity contribution is -0.285. The van der Waals surface area contributed by atoms with Crippen LogP contribution in [0, 0.1) is 5.92 Å². The highest BCUT2D eigenvalue weighted by molar-refractivity contribution is 4.79. The molecule has 17 heavy (non-hydrogen) atoms. The third kappa shape index (κ3) is 6.78. The first-order valence-electron chi connectivity index (χ1n) is 5.40. The summed E-state index contributed by atoms with van der Waals surface area (Å²) < 4.78 is 60.9. The molecule has 0 saturated carbocycles. The normalized spacial score (nSPS) is 13.8. The maximum absolute atomic E-state index is 12.6. The van der Waals surface area contributed by atoms with Crippen LogP contribution in [-0.4, -0.2) is 50.2 Å². The predicted molar refractivity (Wildman–Crippen MR) is 56.2 cm³/mol. The smallest absolute Gasteiger partial charge is 0.315 e. The Balaban J connectivity index is 3.90. The lowest BCUT2D eigenvalue weighted by Gasteiger charge is -2.25. The number of hydrogen-bond donors (Lipinski definition) is 1. The van der Waals surface area contributed by atoms with E-state index in [1.807, 2.05) is 13.8 Å². The Kier molecular flexibility index (Phi) is 6.32. The molecule has 0 aliphatic rings. The zero-order chi connectivity index (χ0) is 13.7. The Hall–Kier alpha value is -0.430. The highest BCUT2D eigenvalue weighted by Crippen LogP contribution is 2.35. The zero-order valence-electron chi connectivity index (χ0n) is 10.2. The number of halogens is 5. The van der Waals surface area contributed by atoms with Crippen molar-refractivity contribution in [1.82, 2.24) is 10.2 Å². The van der Waals surface area contributed by atoms with Crippen LogP contribution >= 0.6 is 0 Å². The molecule has 0 saturated heterocycles. The molecule has 0 aliphatic heterocycles. The molecule has 0 aromatic heterocycles. The van der Waals surface area contributed by atoms with Crippen LogP contribution < -0.4 is 5.32 Å². The SMILES string of the molecule is CC(C)CNCCN(C)CC(F)(F)C(F)(F)F. The Morgan fingerprint density at radius 3 is 2.06 bits per heavy atom. The van der Waals surface area contributed by atoms with E-state index in [2.05, 4.69) is 5.32 Å². The van der Waals surface area contributed by atoms with Crippen molar-refractivity contribution in [1.29, 1.82) is 0 Å². The third-order valence-electron chi connectivity index (χ3n) is 2.11. The number of likely N-dealkylation sites (N-methyl/N-ethyl adjacent to an activating group) is 1. The van der Waals surface area contributed by atoms with Gasteiger partial charge in [0.05, 0.1) is 6.54 Å². The molecule has 0 aromatic rings. The van der Waals surface area contributed by atoms with E-state index in [1.54, 1.807) is 0 Å². The Labute approximate surface area is 98.2 Å². The van der Waals surface area contributed by atoms with Crippen molar-refractivity contribution in [2.45, 2.75) is 25.9 Å². The van der Waals surface area contributed by atoms with E-state index in [9.17, 15) is 22.0 Å². The van der Waals surface area contributed by atoms with E-state index in [0.29, 0.717) is 19.0 Å². The molecule has 0 amide bonds. The average Bonchev–Trinajstić information content (AvgIpc) is 2.09. The van der Waals surface area contributed by atoms with Crippen LogP contribution in [0.3, 0.4) is 0 Å². The Bertz CT molecular complexity index is 215. The first kappa shape index (κ1) is 16.6. The highest BCUT2D eigenvalue weighted by Gasteiger charge is 2.57. The molecule has 0 rings (SSSR count). The third-order valence-corrected chi connectivity index (χ3v) is 2.11. The summed E-state index contributed by atoms with van der Waals surface area (Å²) >= 11 is 0. The fourth-order valence-electron chi connectivity index (χ4n) is 1.17. The van der Waals surface area contributed by atoms with Crippen LogP contribution in [0.5, 0.6) is 0 Å². The lowest BCUT2D eigenvalue weighted by Crippen LogP contribution is -2.47. The topological polar surface area (TPSA) is 15.3 Å². The summed E-state index contributed by atoms with van der Waals surface area (Å²) in [4.78, 5) is 0.973. The fourth-order valence-corrected chi connectivity index (χ4v) is 1.17. The van der Waals surface area contributed by atoms with Gasteiger partial charge in [-0.25, -0.2) is 0 Å². The summed E-state index contributed by atoms with van der Waals surface area (Å²) in [6, 6.07) is 0. The summed E-state index contributed by atoms with van der Waals surface area (Å²) in [5.41, 5.74) is 0. The second-order valence-electron chi connectivity index (χ2n) is 4.54. The van der Waals surface area contributed by atoms with E-state index in [4.69, 9.17) is 0 Å². The Morgan fingerprint density at radius 2 is 1.65 bits per heavy atom. The number of nitrogens with zero attached hydrogens (tertiary/aromatic N) is 1. The summed E-state index contributed by atoms with van der Waals surface area (Å²) in [5.74, 6) is -4.24. The Morgan fingerprint density at radius 1 is 1.12 bits per heavy atom. The monoisotopic (exact) mass is 262 g/mol. The van der Waals surface area contributed by atoms with Crippen molar-refractivity contribution in [3.8, 4) is 0 Å². The van der Waals surface area contributed by atoms with Crippen molar-refractivity contribution in [3.63, 3.8) is 0 Å². The molecule has 0 bridgehead atoms. The van der Waals surface area contributed by atoms with Gasteiger partial charge in [-0.2, -0.15) is 22.0 Å². The lowest BCUT2D eigenvalue weighted by atomic mass is 10.2. The van der Waals surface area contributed by atoms with E-state index in [-0.39, 0.29) is 6.54 Å². The number of nitrogens with one attached hydrogen (secondary N) is 1. The molecule has 0 aliphatic carbocycles. The van der Waals surface area contributed by atoms with E-state index in [1.165, 1.54) is 7.05 Å². The summed E-state index contributed by atoms with van der Waals surface area (Å²) in [6.45, 7) is 3.91. The van der Waals surface area contributed by atoms with Crippen LogP contribution in [0.15, 0.2) is 0 Å². The highest BCUT2D eigenvalue weighted by atomic mass is 19.4. The summed E-state index contributed by atoms with van der Waals surface area (Å²) in [7, 11) is 1.25. The largest absolute Gasteiger partial charge is 0.454 e. The van der Waals surface area contributed by atoms with Gasteiger partial charge in [0.25, 0.3) is 0 Å². The molecular formula is C10H19F5N2. The quantitative estimate of drug-likeness (QED) is 0.559. The van der Waals surface area contributed by atoms with Crippen molar-refractivity contribution >= 4 is 0 Å². The van der Waals surface area contributed by atoms with Gasteiger partial charge in [0.15, 0.2) is 0 Å². The predicted octanol–water partition coefficient (Wildman–Crippen LogP) is 2.36. The van der Waals surface area contributed by atoms with Gasteiger partial charge < -0.3 is 5.32 Å².